The van der Waals surface area contributed by atoms with Crippen molar-refractivity contribution in [2.75, 3.05) is 20.3 Å². The van der Waals surface area contributed by atoms with Crippen LogP contribution in [0.3, 0.4) is 0 Å². The molecule has 0 atom stereocenters. The van der Waals surface area contributed by atoms with Crippen molar-refractivity contribution in [3.8, 4) is 11.5 Å². The van der Waals surface area contributed by atoms with Gasteiger partial charge in [-0.1, -0.05) is 31.4 Å². The quantitative estimate of drug-likeness (QED) is 0.812. The van der Waals surface area contributed by atoms with E-state index in [1.807, 2.05) is 12.1 Å². The van der Waals surface area contributed by atoms with E-state index < -0.39 is 5.60 Å². The number of methoxy groups -OCH3 is 1. The van der Waals surface area contributed by atoms with Crippen LogP contribution in [-0.2, 0) is 6.54 Å². The van der Waals surface area contributed by atoms with Gasteiger partial charge in [-0.05, 0) is 37.1 Å². The first-order valence-corrected chi connectivity index (χ1v) is 7.88. The van der Waals surface area contributed by atoms with Crippen molar-refractivity contribution in [3.05, 3.63) is 22.7 Å². The second-order valence-electron chi connectivity index (χ2n) is 5.61. The van der Waals surface area contributed by atoms with Crippen molar-refractivity contribution < 1.29 is 14.6 Å². The van der Waals surface area contributed by atoms with E-state index in [-0.39, 0.29) is 6.61 Å². The molecule has 0 radical (unpaired) electrons. The van der Waals surface area contributed by atoms with E-state index in [1.165, 1.54) is 0 Å². The fraction of sp³-hybridized carbons (Fsp3) is 0.625. The molecular formula is C16H24ClNO3. The van der Waals surface area contributed by atoms with Crippen LogP contribution in [0.15, 0.2) is 12.1 Å². The van der Waals surface area contributed by atoms with Crippen LogP contribution in [0.5, 0.6) is 11.5 Å². The van der Waals surface area contributed by atoms with Gasteiger partial charge in [-0.2, -0.15) is 0 Å². The van der Waals surface area contributed by atoms with E-state index in [0.29, 0.717) is 16.5 Å². The highest BCUT2D eigenvalue weighted by Gasteiger charge is 2.32. The van der Waals surface area contributed by atoms with Crippen LogP contribution in [0, 0.1) is 0 Å². The number of rotatable bonds is 7. The van der Waals surface area contributed by atoms with E-state index in [2.05, 4.69) is 12.2 Å². The van der Waals surface area contributed by atoms with Gasteiger partial charge < -0.3 is 19.9 Å². The smallest absolute Gasteiger partial charge is 0.179 e. The van der Waals surface area contributed by atoms with Gasteiger partial charge in [-0.25, -0.2) is 0 Å². The third-order valence-corrected chi connectivity index (χ3v) is 4.17. The molecule has 0 unspecified atom stereocenters. The average Bonchev–Trinajstić information content (AvgIpc) is 2.90. The predicted molar refractivity (Wildman–Crippen MR) is 84.3 cm³/mol. The third-order valence-electron chi connectivity index (χ3n) is 3.89. The van der Waals surface area contributed by atoms with E-state index in [9.17, 15) is 5.11 Å². The summed E-state index contributed by atoms with van der Waals surface area (Å²) in [5.41, 5.74) is 0.321. The minimum absolute atomic E-state index is 0.260. The number of nitrogens with one attached hydrogen (secondary N) is 1. The van der Waals surface area contributed by atoms with Crippen molar-refractivity contribution in [1.29, 1.82) is 0 Å². The lowest BCUT2D eigenvalue weighted by molar-refractivity contribution is 0.000767. The molecule has 0 aromatic heterocycles. The lowest BCUT2D eigenvalue weighted by Crippen LogP contribution is -2.32. The summed E-state index contributed by atoms with van der Waals surface area (Å²) in [7, 11) is 1.60. The Bertz CT molecular complexity index is 473. The first-order chi connectivity index (χ1) is 10.1. The van der Waals surface area contributed by atoms with Gasteiger partial charge in [0.2, 0.25) is 0 Å². The Morgan fingerprint density at radius 1 is 1.33 bits per heavy atom. The van der Waals surface area contributed by atoms with Gasteiger partial charge in [0.25, 0.3) is 0 Å². The molecule has 4 nitrogen and oxygen atoms in total. The van der Waals surface area contributed by atoms with Crippen LogP contribution in [0.4, 0.5) is 0 Å². The molecule has 0 heterocycles. The van der Waals surface area contributed by atoms with E-state index in [4.69, 9.17) is 21.1 Å². The summed E-state index contributed by atoms with van der Waals surface area (Å²) >= 11 is 6.31. The second-order valence-corrected chi connectivity index (χ2v) is 6.02. The van der Waals surface area contributed by atoms with Crippen LogP contribution < -0.4 is 14.8 Å². The van der Waals surface area contributed by atoms with Gasteiger partial charge in [0, 0.05) is 6.54 Å². The topological polar surface area (TPSA) is 50.7 Å². The molecule has 0 bridgehead atoms. The summed E-state index contributed by atoms with van der Waals surface area (Å²) in [5, 5.41) is 14.1. The molecule has 118 valence electrons. The number of hydrogen-bond donors (Lipinski definition) is 2. The second kappa shape index (κ2) is 7.34. The first-order valence-electron chi connectivity index (χ1n) is 7.50. The fourth-order valence-electron chi connectivity index (χ4n) is 2.67. The fourth-order valence-corrected chi connectivity index (χ4v) is 2.96. The van der Waals surface area contributed by atoms with Crippen LogP contribution in [0.2, 0.25) is 5.02 Å². The van der Waals surface area contributed by atoms with Crippen LogP contribution in [0.1, 0.15) is 38.2 Å². The molecule has 1 saturated carbocycles. The van der Waals surface area contributed by atoms with E-state index in [1.54, 1.807) is 7.11 Å². The van der Waals surface area contributed by atoms with Crippen molar-refractivity contribution in [2.24, 2.45) is 0 Å². The van der Waals surface area contributed by atoms with Gasteiger partial charge >= 0.3 is 0 Å². The van der Waals surface area contributed by atoms with Gasteiger partial charge in [-0.3, -0.25) is 0 Å². The van der Waals surface area contributed by atoms with Crippen molar-refractivity contribution in [3.63, 3.8) is 0 Å². The van der Waals surface area contributed by atoms with Crippen molar-refractivity contribution in [2.45, 2.75) is 44.8 Å². The Balaban J connectivity index is 2.10. The monoisotopic (exact) mass is 313 g/mol. The molecule has 2 N–H and O–H groups in total. The summed E-state index contributed by atoms with van der Waals surface area (Å²) < 4.78 is 11.2. The van der Waals surface area contributed by atoms with Gasteiger partial charge in [0.1, 0.15) is 6.61 Å². The third kappa shape index (κ3) is 4.25. The molecule has 2 rings (SSSR count). The molecule has 0 saturated heterocycles. The highest BCUT2D eigenvalue weighted by Crippen LogP contribution is 2.38. The number of ether oxygens (including phenoxy) is 2. The maximum Gasteiger partial charge on any atom is 0.179 e. The Morgan fingerprint density at radius 3 is 2.67 bits per heavy atom. The Kier molecular flexibility index (Phi) is 5.73. The van der Waals surface area contributed by atoms with Crippen LogP contribution in [-0.4, -0.2) is 31.0 Å². The summed E-state index contributed by atoms with van der Waals surface area (Å²) in [6, 6.07) is 3.79. The Morgan fingerprint density at radius 2 is 2.05 bits per heavy atom. The molecule has 5 heteroatoms. The maximum atomic E-state index is 10.4. The Labute approximate surface area is 131 Å². The predicted octanol–water partition coefficient (Wildman–Crippen LogP) is 3.14. The van der Waals surface area contributed by atoms with Crippen molar-refractivity contribution in [1.82, 2.24) is 5.32 Å². The zero-order valence-electron chi connectivity index (χ0n) is 12.7. The number of aliphatic hydroxyl groups is 1. The maximum absolute atomic E-state index is 10.4. The SMILES string of the molecule is CCNCc1cc(Cl)c(OCC2(O)CCCC2)c(OC)c1. The standard InChI is InChI=1S/C16H24ClNO3/c1-3-18-10-12-8-13(17)15(14(9-12)20-2)21-11-16(19)6-4-5-7-16/h8-9,18-19H,3-7,10-11H2,1-2H3. The minimum Gasteiger partial charge on any atom is -0.493 e. The van der Waals surface area contributed by atoms with Crippen LogP contribution in [0.25, 0.3) is 0 Å². The number of halogens is 1. The molecular weight excluding hydrogens is 290 g/mol. The summed E-state index contributed by atoms with van der Waals surface area (Å²) in [6.45, 7) is 3.94. The van der Waals surface area contributed by atoms with E-state index in [0.717, 1.165) is 44.3 Å². The summed E-state index contributed by atoms with van der Waals surface area (Å²) in [6.07, 6.45) is 3.66. The van der Waals surface area contributed by atoms with Gasteiger partial charge in [0.05, 0.1) is 17.7 Å². The molecule has 0 amide bonds. The normalized spacial score (nSPS) is 17.0. The van der Waals surface area contributed by atoms with Crippen LogP contribution >= 0.6 is 11.6 Å². The Hall–Kier alpha value is -0.970. The molecule has 1 fully saturated rings. The molecule has 21 heavy (non-hydrogen) atoms. The lowest BCUT2D eigenvalue weighted by Gasteiger charge is -2.23. The molecule has 1 aromatic carbocycles. The molecule has 0 spiro atoms. The summed E-state index contributed by atoms with van der Waals surface area (Å²) in [4.78, 5) is 0. The zero-order chi connectivity index (χ0) is 15.3. The number of hydrogen-bond acceptors (Lipinski definition) is 4. The average molecular weight is 314 g/mol. The molecule has 1 aromatic rings. The molecule has 1 aliphatic rings. The van der Waals surface area contributed by atoms with Crippen molar-refractivity contribution >= 4 is 11.6 Å². The highest BCUT2D eigenvalue weighted by atomic mass is 35.5. The molecule has 1 aliphatic carbocycles. The lowest BCUT2D eigenvalue weighted by atomic mass is 10.0. The highest BCUT2D eigenvalue weighted by molar-refractivity contribution is 6.32. The van der Waals surface area contributed by atoms with Gasteiger partial charge in [0.15, 0.2) is 11.5 Å². The largest absolute Gasteiger partial charge is 0.493 e. The van der Waals surface area contributed by atoms with Gasteiger partial charge in [-0.15, -0.1) is 0 Å². The minimum atomic E-state index is -0.725. The zero-order valence-corrected chi connectivity index (χ0v) is 13.5. The number of benzene rings is 1. The molecule has 0 aliphatic heterocycles. The summed E-state index contributed by atoms with van der Waals surface area (Å²) in [5.74, 6) is 1.12. The first kappa shape index (κ1) is 16.4. The van der Waals surface area contributed by atoms with E-state index >= 15 is 0 Å².